The molecule has 2 aromatic rings. The van der Waals surface area contributed by atoms with Crippen LogP contribution in [0.1, 0.15) is 158 Å². The molecule has 1 aliphatic heterocycles. The van der Waals surface area contributed by atoms with Crippen molar-refractivity contribution in [2.45, 2.75) is 168 Å². The van der Waals surface area contributed by atoms with Crippen LogP contribution in [0.3, 0.4) is 0 Å². The second-order valence-corrected chi connectivity index (χ2v) is 15.7. The molecule has 0 aromatic carbocycles. The summed E-state index contributed by atoms with van der Waals surface area (Å²) in [4.78, 5) is 7.23. The summed E-state index contributed by atoms with van der Waals surface area (Å²) in [5.41, 5.74) is 4.23. The molecule has 0 fully saturated rings. The third kappa shape index (κ3) is 10.3. The van der Waals surface area contributed by atoms with E-state index in [0.29, 0.717) is 5.92 Å². The van der Waals surface area contributed by atoms with Crippen LogP contribution in [0.2, 0.25) is 0 Å². The Morgan fingerprint density at radius 2 is 1.12 bits per heavy atom. The third-order valence-corrected chi connectivity index (χ3v) is 12.2. The summed E-state index contributed by atoms with van der Waals surface area (Å²) >= 11 is 5.65. The van der Waals surface area contributed by atoms with Gasteiger partial charge in [0.15, 0.2) is 0 Å². The number of aryl methyl sites for hydroxylation is 2. The first kappa shape index (κ1) is 33.8. The number of fused-ring (bicyclic) bond motifs is 3. The molecule has 40 heavy (non-hydrogen) atoms. The summed E-state index contributed by atoms with van der Waals surface area (Å²) in [6, 6.07) is 0. The average Bonchev–Trinajstić information content (AvgIpc) is 3.34. The van der Waals surface area contributed by atoms with Crippen molar-refractivity contribution in [1.82, 2.24) is 0 Å². The molecule has 2 nitrogen and oxygen atoms in total. The second-order valence-electron chi connectivity index (χ2n) is 12.5. The van der Waals surface area contributed by atoms with Crippen molar-refractivity contribution in [3.05, 3.63) is 20.9 Å². The predicted molar refractivity (Wildman–Crippen MR) is 183 cm³/mol. The summed E-state index contributed by atoms with van der Waals surface area (Å²) in [6.45, 7) is 14.0. The molecule has 2 unspecified atom stereocenters. The van der Waals surface area contributed by atoms with Crippen LogP contribution in [-0.4, -0.2) is 0 Å². The van der Waals surface area contributed by atoms with Gasteiger partial charge in [-0.2, -0.15) is 0 Å². The maximum atomic E-state index is 4.87. The van der Waals surface area contributed by atoms with Crippen LogP contribution in [0.15, 0.2) is 14.5 Å². The van der Waals surface area contributed by atoms with E-state index in [2.05, 4.69) is 41.5 Å². The molecule has 0 N–H and O–H groups in total. The molecule has 0 saturated carbocycles. The van der Waals surface area contributed by atoms with Crippen molar-refractivity contribution in [2.75, 3.05) is 0 Å². The highest BCUT2D eigenvalue weighted by molar-refractivity contribution is 7.98. The molecule has 3 rings (SSSR count). The van der Waals surface area contributed by atoms with Crippen LogP contribution >= 0.6 is 34.6 Å². The van der Waals surface area contributed by atoms with E-state index in [1.54, 1.807) is 17.5 Å². The SMILES string of the molecule is CCCCCCCCC(CCCCCC)Cc1c(C)sc2c1SN=Nc1c-2sc(C)c1CC(C)CCCCCC. The third-order valence-electron chi connectivity index (χ3n) is 8.85. The maximum Gasteiger partial charge on any atom is 0.109 e. The quantitative estimate of drug-likeness (QED) is 0.103. The van der Waals surface area contributed by atoms with Crippen LogP contribution in [0.4, 0.5) is 5.69 Å². The van der Waals surface area contributed by atoms with E-state index in [4.69, 9.17) is 9.63 Å². The molecule has 5 heteroatoms. The number of nitrogens with zero attached hydrogens (tertiary/aromatic N) is 2. The van der Waals surface area contributed by atoms with Crippen molar-refractivity contribution in [3.8, 4) is 9.75 Å². The fourth-order valence-corrected chi connectivity index (χ4v) is 9.73. The van der Waals surface area contributed by atoms with Gasteiger partial charge in [-0.3, -0.25) is 0 Å². The lowest BCUT2D eigenvalue weighted by Gasteiger charge is -2.18. The molecule has 2 aromatic heterocycles. The van der Waals surface area contributed by atoms with Gasteiger partial charge in [0.1, 0.15) is 5.69 Å². The molecular formula is C35H58N2S3. The number of hydrogen-bond acceptors (Lipinski definition) is 5. The lowest BCUT2D eigenvalue weighted by molar-refractivity contribution is 0.400. The van der Waals surface area contributed by atoms with E-state index in [9.17, 15) is 0 Å². The first-order valence-electron chi connectivity index (χ1n) is 16.8. The Morgan fingerprint density at radius 1 is 0.600 bits per heavy atom. The predicted octanol–water partition coefficient (Wildman–Crippen LogP) is 14.2. The number of hydrogen-bond donors (Lipinski definition) is 0. The Hall–Kier alpha value is -0.650. The van der Waals surface area contributed by atoms with Gasteiger partial charge in [-0.1, -0.05) is 137 Å². The zero-order chi connectivity index (χ0) is 28.7. The van der Waals surface area contributed by atoms with E-state index in [-0.39, 0.29) is 0 Å². The molecule has 226 valence electrons. The summed E-state index contributed by atoms with van der Waals surface area (Å²) in [7, 11) is 0. The molecule has 0 bridgehead atoms. The smallest absolute Gasteiger partial charge is 0.109 e. The Balaban J connectivity index is 1.74. The number of rotatable bonds is 21. The monoisotopic (exact) mass is 602 g/mol. The highest BCUT2D eigenvalue weighted by Gasteiger charge is 2.28. The molecule has 1 aliphatic rings. The normalized spacial score (nSPS) is 14.2. The Labute approximate surface area is 259 Å². The van der Waals surface area contributed by atoms with Gasteiger partial charge < -0.3 is 0 Å². The Kier molecular flexibility index (Phi) is 15.9. The number of unbranched alkanes of at least 4 members (excludes halogenated alkanes) is 11. The molecular weight excluding hydrogens is 545 g/mol. The largest absolute Gasteiger partial charge is 0.142 e. The summed E-state index contributed by atoms with van der Waals surface area (Å²) in [6.07, 6.45) is 25.7. The van der Waals surface area contributed by atoms with Crippen molar-refractivity contribution >= 4 is 40.3 Å². The molecule has 0 saturated heterocycles. The first-order chi connectivity index (χ1) is 19.5. The van der Waals surface area contributed by atoms with Gasteiger partial charge in [0.05, 0.1) is 14.6 Å². The highest BCUT2D eigenvalue weighted by atomic mass is 32.2. The summed E-state index contributed by atoms with van der Waals surface area (Å²) < 4.78 is 4.75. The fourth-order valence-electron chi connectivity index (χ4n) is 6.29. The topological polar surface area (TPSA) is 24.7 Å². The molecule has 2 atom stereocenters. The molecule has 0 radical (unpaired) electrons. The molecule has 0 amide bonds. The van der Waals surface area contributed by atoms with E-state index in [1.165, 1.54) is 151 Å². The van der Waals surface area contributed by atoms with Crippen LogP contribution < -0.4 is 0 Å². The lowest BCUT2D eigenvalue weighted by atomic mass is 9.88. The summed E-state index contributed by atoms with van der Waals surface area (Å²) in [5.74, 6) is 1.51. The van der Waals surface area contributed by atoms with Crippen LogP contribution in [-0.2, 0) is 12.8 Å². The van der Waals surface area contributed by atoms with Gasteiger partial charge in [0.2, 0.25) is 0 Å². The minimum Gasteiger partial charge on any atom is -0.142 e. The van der Waals surface area contributed by atoms with Gasteiger partial charge in [-0.25, -0.2) is 0 Å². The Morgan fingerprint density at radius 3 is 1.77 bits per heavy atom. The van der Waals surface area contributed by atoms with Crippen LogP contribution in [0.25, 0.3) is 9.75 Å². The van der Waals surface area contributed by atoms with E-state index < -0.39 is 0 Å². The molecule has 0 aliphatic carbocycles. The zero-order valence-corrected chi connectivity index (χ0v) is 29.2. The average molecular weight is 603 g/mol. The van der Waals surface area contributed by atoms with Crippen LogP contribution in [0.5, 0.6) is 0 Å². The van der Waals surface area contributed by atoms with E-state index >= 15 is 0 Å². The minimum atomic E-state index is 0.705. The standard InChI is InChI=1S/C35H58N2S3/c1-7-10-13-16-17-20-23-29(22-19-15-12-9-3)25-31-28(6)39-35-33(31)40-37-36-32-30(27(5)38-34(32)35)24-26(4)21-18-14-11-8-2/h26,29H,7-25H2,1-6H3. The van der Waals surface area contributed by atoms with Crippen molar-refractivity contribution in [3.63, 3.8) is 0 Å². The number of thiophene rings is 2. The fraction of sp³-hybridized carbons (Fsp3) is 0.771. The van der Waals surface area contributed by atoms with E-state index in [1.807, 2.05) is 22.7 Å². The van der Waals surface area contributed by atoms with Crippen molar-refractivity contribution < 1.29 is 0 Å². The maximum absolute atomic E-state index is 4.87. The highest BCUT2D eigenvalue weighted by Crippen LogP contribution is 2.54. The van der Waals surface area contributed by atoms with Gasteiger partial charge in [0, 0.05) is 21.7 Å². The molecule has 3 heterocycles. The van der Waals surface area contributed by atoms with Gasteiger partial charge in [-0.15, -0.1) is 32.3 Å². The van der Waals surface area contributed by atoms with E-state index in [0.717, 1.165) is 12.3 Å². The van der Waals surface area contributed by atoms with Crippen LogP contribution in [0, 0.1) is 25.7 Å². The first-order valence-corrected chi connectivity index (χ1v) is 19.2. The van der Waals surface area contributed by atoms with Gasteiger partial charge in [-0.05, 0) is 49.7 Å². The van der Waals surface area contributed by atoms with Gasteiger partial charge >= 0.3 is 0 Å². The minimum absolute atomic E-state index is 0.705. The second kappa shape index (κ2) is 18.8. The summed E-state index contributed by atoms with van der Waals surface area (Å²) in [5, 5.41) is 4.87. The van der Waals surface area contributed by atoms with Gasteiger partial charge in [0.25, 0.3) is 0 Å². The zero-order valence-electron chi connectivity index (χ0n) is 26.7. The lowest BCUT2D eigenvalue weighted by Crippen LogP contribution is -2.06. The van der Waals surface area contributed by atoms with Crippen molar-refractivity contribution in [1.29, 1.82) is 0 Å². The Bertz CT molecular complexity index is 1020. The van der Waals surface area contributed by atoms with Crippen molar-refractivity contribution in [2.24, 2.45) is 21.5 Å². The molecule has 0 spiro atoms.